The van der Waals surface area contributed by atoms with Crippen LogP contribution in [-0.4, -0.2) is 43.3 Å². The molecule has 0 bridgehead atoms. The van der Waals surface area contributed by atoms with E-state index in [1.165, 1.54) is 13.8 Å². The Hall–Kier alpha value is -0.750. The van der Waals surface area contributed by atoms with E-state index in [0.717, 1.165) is 0 Å². The minimum Gasteiger partial charge on any atom is -0.748 e. The zero-order valence-corrected chi connectivity index (χ0v) is 16.5. The van der Waals surface area contributed by atoms with E-state index in [9.17, 15) is 35.8 Å². The topological polar surface area (TPSA) is 164 Å². The molecule has 0 aromatic heterocycles. The fourth-order valence-corrected chi connectivity index (χ4v) is 1.59. The van der Waals surface area contributed by atoms with Crippen LogP contribution in [0.4, 0.5) is 0 Å². The van der Waals surface area contributed by atoms with Gasteiger partial charge in [-0.3, -0.25) is 4.18 Å². The van der Waals surface area contributed by atoms with Crippen molar-refractivity contribution in [3.05, 3.63) is 0 Å². The van der Waals surface area contributed by atoms with Crippen molar-refractivity contribution in [1.29, 1.82) is 0 Å². The molecule has 0 saturated heterocycles. The highest BCUT2D eigenvalue weighted by atomic mass is 32.3. The van der Waals surface area contributed by atoms with Crippen molar-refractivity contribution in [2.24, 2.45) is 5.92 Å². The standard InChI is InChI=1S/C5H10O2.C4H10O4S.C4H10O3S/c1-3-4(2)5(6)7;1-3-4(2)8-9(5,6)7;1-3-4(2)8(5,6)7/h4H,3H2,1-2H3,(H,6,7);4H,3H2,1-2H3,(H,5,6,7);4H,3H2,1-2H3,(H,5,6,7)/p-3. The molecule has 11 heteroatoms. The third-order valence-electron chi connectivity index (χ3n) is 2.94. The van der Waals surface area contributed by atoms with Crippen molar-refractivity contribution in [2.45, 2.75) is 72.2 Å². The number of hydrogen-bond donors (Lipinski definition) is 0. The van der Waals surface area contributed by atoms with Gasteiger partial charge in [0.25, 0.3) is 0 Å². The maximum Gasteiger partial charge on any atom is 0.217 e. The minimum atomic E-state index is -4.49. The Morgan fingerprint density at radius 2 is 1.33 bits per heavy atom. The first-order valence-corrected chi connectivity index (χ1v) is 10.2. The van der Waals surface area contributed by atoms with Gasteiger partial charge in [-0.2, -0.15) is 0 Å². The molecule has 9 nitrogen and oxygen atoms in total. The predicted molar refractivity (Wildman–Crippen MR) is 84.4 cm³/mol. The van der Waals surface area contributed by atoms with E-state index in [-0.39, 0.29) is 5.92 Å². The van der Waals surface area contributed by atoms with Crippen LogP contribution in [0.1, 0.15) is 60.8 Å². The largest absolute Gasteiger partial charge is 0.748 e. The van der Waals surface area contributed by atoms with Crippen molar-refractivity contribution in [3.63, 3.8) is 0 Å². The molecule has 3 unspecified atom stereocenters. The Morgan fingerprint density at radius 3 is 1.38 bits per heavy atom. The molecule has 24 heavy (non-hydrogen) atoms. The highest BCUT2D eigenvalue weighted by Crippen LogP contribution is 2.00. The summed E-state index contributed by atoms with van der Waals surface area (Å²) in [5, 5.41) is 9.09. The molecule has 0 aliphatic carbocycles. The molecule has 3 atom stereocenters. The fourth-order valence-electron chi connectivity index (χ4n) is 0.640. The molecule has 0 fully saturated rings. The Bertz CT molecular complexity index is 526. The zero-order chi connectivity index (χ0) is 20.1. The van der Waals surface area contributed by atoms with Gasteiger partial charge in [0, 0.05) is 11.2 Å². The first kappa shape index (κ1) is 28.1. The van der Waals surface area contributed by atoms with Gasteiger partial charge >= 0.3 is 0 Å². The molecule has 0 amide bonds. The van der Waals surface area contributed by atoms with Gasteiger partial charge in [-0.05, 0) is 39.0 Å². The van der Waals surface area contributed by atoms with E-state index in [1.54, 1.807) is 20.8 Å². The second-order valence-corrected chi connectivity index (χ2v) is 7.86. The first-order valence-electron chi connectivity index (χ1n) is 7.41. The van der Waals surface area contributed by atoms with E-state index in [4.69, 9.17) is 0 Å². The summed E-state index contributed by atoms with van der Waals surface area (Å²) in [4.78, 5) is 9.82. The molecule has 0 heterocycles. The van der Waals surface area contributed by atoms with Gasteiger partial charge in [-0.25, -0.2) is 16.8 Å². The number of carboxylic acids is 1. The normalized spacial score (nSPS) is 15.0. The summed E-state index contributed by atoms with van der Waals surface area (Å²) in [6.45, 7) is 9.78. The minimum absolute atomic E-state index is 0.292. The second-order valence-electron chi connectivity index (χ2n) is 5.06. The van der Waals surface area contributed by atoms with Crippen molar-refractivity contribution in [2.75, 3.05) is 0 Å². The predicted octanol–water partition coefficient (Wildman–Crippen LogP) is 0.374. The molecule has 0 N–H and O–H groups in total. The first-order chi connectivity index (χ1) is 10.6. The zero-order valence-electron chi connectivity index (χ0n) is 14.8. The number of carboxylic acid groups (broad SMARTS) is 1. The van der Waals surface area contributed by atoms with Crippen LogP contribution >= 0.6 is 0 Å². The van der Waals surface area contributed by atoms with Gasteiger partial charge in [-0.15, -0.1) is 0 Å². The molecule has 148 valence electrons. The number of carbonyl (C=O) groups is 1. The molecule has 0 aliphatic heterocycles. The van der Waals surface area contributed by atoms with Crippen LogP contribution in [0.15, 0.2) is 0 Å². The van der Waals surface area contributed by atoms with Gasteiger partial charge in [0.15, 0.2) is 0 Å². The number of rotatable bonds is 7. The van der Waals surface area contributed by atoms with Crippen LogP contribution < -0.4 is 5.11 Å². The van der Waals surface area contributed by atoms with Crippen LogP contribution in [0.25, 0.3) is 0 Å². The summed E-state index contributed by atoms with van der Waals surface area (Å²) in [6, 6.07) is 0. The number of carbonyl (C=O) groups excluding carboxylic acids is 1. The highest BCUT2D eigenvalue weighted by Gasteiger charge is 2.04. The highest BCUT2D eigenvalue weighted by molar-refractivity contribution is 7.86. The van der Waals surface area contributed by atoms with Crippen molar-refractivity contribution < 1.29 is 40.0 Å². The molecule has 0 aliphatic rings. The van der Waals surface area contributed by atoms with Crippen molar-refractivity contribution in [3.8, 4) is 0 Å². The Labute approximate surface area is 145 Å². The number of aliphatic carboxylic acids is 1. The lowest BCUT2D eigenvalue weighted by Crippen LogP contribution is -2.28. The lowest BCUT2D eigenvalue weighted by atomic mass is 10.1. The quantitative estimate of drug-likeness (QED) is 0.440. The summed E-state index contributed by atoms with van der Waals surface area (Å²) in [6.07, 6.45) is 1.06. The lowest BCUT2D eigenvalue weighted by Gasteiger charge is -2.12. The van der Waals surface area contributed by atoms with Crippen molar-refractivity contribution >= 4 is 26.5 Å². The third-order valence-corrected chi connectivity index (χ3v) is 4.82. The van der Waals surface area contributed by atoms with E-state index >= 15 is 0 Å². The maximum atomic E-state index is 10.0. The summed E-state index contributed by atoms with van der Waals surface area (Å²) < 4.78 is 63.5. The molecule has 0 saturated carbocycles. The maximum absolute atomic E-state index is 10.0. The van der Waals surface area contributed by atoms with E-state index in [1.807, 2.05) is 6.92 Å². The lowest BCUT2D eigenvalue weighted by molar-refractivity contribution is -0.311. The average molecular weight is 391 g/mol. The summed E-state index contributed by atoms with van der Waals surface area (Å²) >= 11 is 0. The molecule has 0 spiro atoms. The summed E-state index contributed by atoms with van der Waals surface area (Å²) in [5.41, 5.74) is 0. The Kier molecular flexibility index (Phi) is 15.8. The van der Waals surface area contributed by atoms with E-state index in [2.05, 4.69) is 4.18 Å². The number of hydrogen-bond acceptors (Lipinski definition) is 9. The Morgan fingerprint density at radius 1 is 0.917 bits per heavy atom. The average Bonchev–Trinajstić information content (AvgIpc) is 2.43. The van der Waals surface area contributed by atoms with Crippen LogP contribution in [0.3, 0.4) is 0 Å². The van der Waals surface area contributed by atoms with E-state index < -0.39 is 37.8 Å². The molecular weight excluding hydrogens is 364 g/mol. The summed E-state index contributed by atoms with van der Waals surface area (Å²) in [7, 11) is -8.49. The second kappa shape index (κ2) is 13.5. The summed E-state index contributed by atoms with van der Waals surface area (Å²) in [5.74, 6) is -1.25. The van der Waals surface area contributed by atoms with Gasteiger partial charge in [0.2, 0.25) is 10.4 Å². The van der Waals surface area contributed by atoms with Crippen LogP contribution in [0, 0.1) is 5.92 Å². The Balaban J connectivity index is -0.000000278. The molecule has 0 radical (unpaired) electrons. The molecular formula is C13H27O9S2-3. The monoisotopic (exact) mass is 391 g/mol. The van der Waals surface area contributed by atoms with Gasteiger partial charge < -0.3 is 19.0 Å². The van der Waals surface area contributed by atoms with E-state index in [0.29, 0.717) is 19.3 Å². The molecule has 0 aromatic rings. The smallest absolute Gasteiger partial charge is 0.217 e. The molecule has 0 rings (SSSR count). The SMILES string of the molecule is CCC(C)C(=O)[O-].CCC(C)OS(=O)(=O)[O-].CCC(C)S(=O)(=O)[O-]. The van der Waals surface area contributed by atoms with Gasteiger partial charge in [0.05, 0.1) is 16.2 Å². The fraction of sp³-hybridized carbons (Fsp3) is 0.923. The van der Waals surface area contributed by atoms with Crippen LogP contribution in [0.2, 0.25) is 0 Å². The van der Waals surface area contributed by atoms with Crippen molar-refractivity contribution in [1.82, 2.24) is 0 Å². The third kappa shape index (κ3) is 21.2. The van der Waals surface area contributed by atoms with Crippen LogP contribution in [0.5, 0.6) is 0 Å². The van der Waals surface area contributed by atoms with Gasteiger partial charge in [0.1, 0.15) is 0 Å². The molecule has 0 aromatic carbocycles. The van der Waals surface area contributed by atoms with Gasteiger partial charge in [-0.1, -0.05) is 27.7 Å². The van der Waals surface area contributed by atoms with Crippen LogP contribution in [-0.2, 0) is 29.5 Å².